The van der Waals surface area contributed by atoms with Crippen molar-refractivity contribution in [1.29, 1.82) is 0 Å². The minimum absolute atomic E-state index is 0.200. The van der Waals surface area contributed by atoms with E-state index in [0.717, 1.165) is 23.9 Å². The standard InChI is InChI=1S/C15H13F2NO3S2/c1-9(19)10-2-3-11(14(6-10)18-23(20)21)8-22-15-5-4-12(16)7-13(15)17/h2-7,18H,8H2,1H3,(H,20,21)/p-1. The summed E-state index contributed by atoms with van der Waals surface area (Å²) in [7, 11) is 0. The molecule has 0 heterocycles. The van der Waals surface area contributed by atoms with E-state index in [1.54, 1.807) is 12.1 Å². The van der Waals surface area contributed by atoms with Gasteiger partial charge in [0.1, 0.15) is 11.6 Å². The van der Waals surface area contributed by atoms with Crippen LogP contribution in [-0.2, 0) is 17.0 Å². The fourth-order valence-electron chi connectivity index (χ4n) is 1.85. The quantitative estimate of drug-likeness (QED) is 0.487. The predicted molar refractivity (Wildman–Crippen MR) is 84.9 cm³/mol. The maximum Gasteiger partial charge on any atom is 0.159 e. The number of hydrogen-bond acceptors (Lipinski definition) is 4. The zero-order chi connectivity index (χ0) is 17.0. The van der Waals surface area contributed by atoms with Crippen molar-refractivity contribution < 1.29 is 22.3 Å². The lowest BCUT2D eigenvalue weighted by Gasteiger charge is -2.14. The van der Waals surface area contributed by atoms with Crippen LogP contribution in [0.5, 0.6) is 0 Å². The molecule has 0 aliphatic carbocycles. The Hall–Kier alpha value is -1.77. The van der Waals surface area contributed by atoms with Gasteiger partial charge in [0.25, 0.3) is 0 Å². The molecule has 0 fully saturated rings. The molecule has 0 aliphatic rings. The first kappa shape index (κ1) is 17.6. The van der Waals surface area contributed by atoms with E-state index >= 15 is 0 Å². The average Bonchev–Trinajstić information content (AvgIpc) is 2.46. The molecule has 4 nitrogen and oxygen atoms in total. The van der Waals surface area contributed by atoms with Crippen LogP contribution in [0.1, 0.15) is 22.8 Å². The van der Waals surface area contributed by atoms with Crippen molar-refractivity contribution in [3.8, 4) is 0 Å². The van der Waals surface area contributed by atoms with Crippen LogP contribution in [0.15, 0.2) is 41.3 Å². The number of hydrogen-bond donors (Lipinski definition) is 1. The second kappa shape index (κ2) is 7.67. The normalized spacial score (nSPS) is 12.0. The van der Waals surface area contributed by atoms with Gasteiger partial charge in [-0.2, -0.15) is 0 Å². The number of rotatable bonds is 6. The maximum atomic E-state index is 13.6. The molecule has 0 amide bonds. The number of anilines is 1. The molecule has 0 saturated carbocycles. The number of benzene rings is 2. The largest absolute Gasteiger partial charge is 0.755 e. The van der Waals surface area contributed by atoms with Crippen LogP contribution < -0.4 is 4.72 Å². The lowest BCUT2D eigenvalue weighted by atomic mass is 10.1. The van der Waals surface area contributed by atoms with E-state index in [-0.39, 0.29) is 22.1 Å². The Morgan fingerprint density at radius 2 is 2.00 bits per heavy atom. The molecule has 0 aliphatic heterocycles. The van der Waals surface area contributed by atoms with Crippen LogP contribution in [0.25, 0.3) is 0 Å². The maximum absolute atomic E-state index is 13.6. The van der Waals surface area contributed by atoms with E-state index in [1.165, 1.54) is 19.1 Å². The second-order valence-corrected chi connectivity index (χ2v) is 6.32. The van der Waals surface area contributed by atoms with Gasteiger partial charge in [0, 0.05) is 39.2 Å². The van der Waals surface area contributed by atoms with E-state index < -0.39 is 22.9 Å². The molecule has 122 valence electrons. The lowest BCUT2D eigenvalue weighted by molar-refractivity contribution is 0.101. The first-order valence-corrected chi connectivity index (χ1v) is 8.50. The smallest absolute Gasteiger partial charge is 0.159 e. The third-order valence-electron chi connectivity index (χ3n) is 2.99. The molecule has 0 bridgehead atoms. The summed E-state index contributed by atoms with van der Waals surface area (Å²) in [6.07, 6.45) is 0. The highest BCUT2D eigenvalue weighted by Gasteiger charge is 2.10. The molecule has 8 heteroatoms. The van der Waals surface area contributed by atoms with Crippen molar-refractivity contribution >= 4 is 34.5 Å². The zero-order valence-corrected chi connectivity index (χ0v) is 13.6. The number of thioether (sulfide) groups is 1. The molecule has 0 spiro atoms. The summed E-state index contributed by atoms with van der Waals surface area (Å²) >= 11 is -1.45. The highest BCUT2D eigenvalue weighted by molar-refractivity contribution is 7.98. The van der Waals surface area contributed by atoms with Crippen LogP contribution in [0, 0.1) is 11.6 Å². The van der Waals surface area contributed by atoms with Gasteiger partial charge in [-0.15, -0.1) is 11.8 Å². The lowest BCUT2D eigenvalue weighted by Crippen LogP contribution is -2.06. The molecule has 0 aromatic heterocycles. The van der Waals surface area contributed by atoms with Gasteiger partial charge >= 0.3 is 0 Å². The summed E-state index contributed by atoms with van der Waals surface area (Å²) in [5, 5.41) is 0. The molecule has 1 atom stereocenters. The fourth-order valence-corrected chi connectivity index (χ4v) is 3.15. The predicted octanol–water partition coefficient (Wildman–Crippen LogP) is 3.67. The molecular weight excluding hydrogens is 344 g/mol. The molecule has 2 rings (SSSR count). The summed E-state index contributed by atoms with van der Waals surface area (Å²) in [6, 6.07) is 7.84. The van der Waals surface area contributed by atoms with E-state index in [1.807, 2.05) is 0 Å². The Kier molecular flexibility index (Phi) is 5.86. The highest BCUT2D eigenvalue weighted by atomic mass is 32.2. The molecule has 0 radical (unpaired) electrons. The molecule has 1 N–H and O–H groups in total. The van der Waals surface area contributed by atoms with Gasteiger partial charge in [-0.05, 0) is 30.7 Å². The second-order valence-electron chi connectivity index (χ2n) is 4.63. The van der Waals surface area contributed by atoms with Crippen molar-refractivity contribution in [3.05, 3.63) is 59.2 Å². The van der Waals surface area contributed by atoms with Crippen LogP contribution in [0.4, 0.5) is 14.5 Å². The molecule has 2 aromatic carbocycles. The van der Waals surface area contributed by atoms with Crippen molar-refractivity contribution in [3.63, 3.8) is 0 Å². The van der Waals surface area contributed by atoms with Gasteiger partial charge in [0.2, 0.25) is 0 Å². The molecular formula is C15H12F2NO3S2-. The minimum atomic E-state index is -2.55. The summed E-state index contributed by atoms with van der Waals surface area (Å²) < 4.78 is 50.4. The van der Waals surface area contributed by atoms with Crippen LogP contribution in [0.3, 0.4) is 0 Å². The van der Waals surface area contributed by atoms with Crippen LogP contribution in [0.2, 0.25) is 0 Å². The van der Waals surface area contributed by atoms with Crippen LogP contribution >= 0.6 is 11.8 Å². The van der Waals surface area contributed by atoms with Crippen LogP contribution in [-0.4, -0.2) is 14.5 Å². The molecule has 2 aromatic rings. The van der Waals surface area contributed by atoms with Gasteiger partial charge in [-0.25, -0.2) is 8.78 Å². The third-order valence-corrected chi connectivity index (χ3v) is 4.47. The first-order valence-electron chi connectivity index (χ1n) is 6.44. The van der Waals surface area contributed by atoms with E-state index in [2.05, 4.69) is 4.72 Å². The SMILES string of the molecule is CC(=O)c1ccc(CSc2ccc(F)cc2F)c(NS(=O)[O-])c1. The van der Waals surface area contributed by atoms with Gasteiger partial charge in [0.15, 0.2) is 5.78 Å². The monoisotopic (exact) mass is 356 g/mol. The number of carbonyl (C=O) groups excluding carboxylic acids is 1. The van der Waals surface area contributed by atoms with Crippen molar-refractivity contribution in [2.75, 3.05) is 4.72 Å². The summed E-state index contributed by atoms with van der Waals surface area (Å²) in [4.78, 5) is 11.6. The van der Waals surface area contributed by atoms with E-state index in [4.69, 9.17) is 0 Å². The number of carbonyl (C=O) groups is 1. The minimum Gasteiger partial charge on any atom is -0.755 e. The highest BCUT2D eigenvalue weighted by Crippen LogP contribution is 2.29. The molecule has 23 heavy (non-hydrogen) atoms. The number of nitrogens with one attached hydrogen (secondary N) is 1. The summed E-state index contributed by atoms with van der Waals surface area (Å²) in [6.45, 7) is 1.37. The van der Waals surface area contributed by atoms with E-state index in [9.17, 15) is 22.3 Å². The van der Waals surface area contributed by atoms with Gasteiger partial charge < -0.3 is 9.27 Å². The average molecular weight is 356 g/mol. The Labute approximate surface area is 138 Å². The Morgan fingerprint density at radius 3 is 2.61 bits per heavy atom. The number of halogens is 2. The fraction of sp³-hybridized carbons (Fsp3) is 0.133. The Morgan fingerprint density at radius 1 is 1.26 bits per heavy atom. The van der Waals surface area contributed by atoms with Crippen molar-refractivity contribution in [1.82, 2.24) is 0 Å². The van der Waals surface area contributed by atoms with Gasteiger partial charge in [0.05, 0.1) is 0 Å². The zero-order valence-electron chi connectivity index (χ0n) is 12.0. The van der Waals surface area contributed by atoms with Crippen molar-refractivity contribution in [2.45, 2.75) is 17.6 Å². The van der Waals surface area contributed by atoms with E-state index in [0.29, 0.717) is 11.1 Å². The van der Waals surface area contributed by atoms with Gasteiger partial charge in [-0.3, -0.25) is 9.00 Å². The molecule has 1 unspecified atom stereocenters. The van der Waals surface area contributed by atoms with Crippen molar-refractivity contribution in [2.24, 2.45) is 0 Å². The summed E-state index contributed by atoms with van der Waals surface area (Å²) in [5.41, 5.74) is 1.19. The Balaban J connectivity index is 2.24. The Bertz CT molecular complexity index is 768. The first-order chi connectivity index (χ1) is 10.9. The third kappa shape index (κ3) is 4.85. The topological polar surface area (TPSA) is 69.2 Å². The van der Waals surface area contributed by atoms with Gasteiger partial charge in [-0.1, -0.05) is 12.1 Å². The number of ketones is 1. The number of Topliss-reactive ketones (excluding diaryl/α,β-unsaturated/α-hetero) is 1. The summed E-state index contributed by atoms with van der Waals surface area (Å²) in [5.74, 6) is -1.30. The molecule has 0 saturated heterocycles.